The van der Waals surface area contributed by atoms with Gasteiger partial charge in [-0.3, -0.25) is 0 Å². The smallest absolute Gasteiger partial charge is 0.337 e. The van der Waals surface area contributed by atoms with E-state index in [4.69, 9.17) is 10.5 Å². The summed E-state index contributed by atoms with van der Waals surface area (Å²) >= 11 is 0. The first-order chi connectivity index (χ1) is 20.7. The highest BCUT2D eigenvalue weighted by atomic mass is 16.5. The first kappa shape index (κ1) is 35.0. The number of hydrogen-bond acceptors (Lipinski definition) is 3. The number of nitrogens with two attached hydrogens (primary N) is 1. The van der Waals surface area contributed by atoms with Crippen LogP contribution < -0.4 is 5.73 Å². The van der Waals surface area contributed by atoms with Crippen molar-refractivity contribution >= 4 is 11.5 Å². The van der Waals surface area contributed by atoms with E-state index in [0.29, 0.717) is 45.5 Å². The third-order valence-electron chi connectivity index (χ3n) is 14.3. The van der Waals surface area contributed by atoms with Crippen LogP contribution >= 0.6 is 0 Å². The maximum Gasteiger partial charge on any atom is 0.337 e. The summed E-state index contributed by atoms with van der Waals surface area (Å²) in [5.74, 6) is 3.03. The molecule has 9 atom stereocenters. The lowest BCUT2D eigenvalue weighted by Crippen LogP contribution is -2.67. The van der Waals surface area contributed by atoms with Crippen LogP contribution in [0.15, 0.2) is 42.5 Å². The van der Waals surface area contributed by atoms with E-state index in [1.165, 1.54) is 75.2 Å². The molecule has 2 N–H and O–H groups in total. The van der Waals surface area contributed by atoms with Crippen molar-refractivity contribution in [1.82, 2.24) is 0 Å². The third kappa shape index (κ3) is 4.98. The Hall–Kier alpha value is -1.87. The summed E-state index contributed by atoms with van der Waals surface area (Å²) in [4.78, 5) is 12.0. The highest BCUT2D eigenvalue weighted by Gasteiger charge is 2.70. The molecule has 0 spiro atoms. The predicted molar refractivity (Wildman–Crippen MR) is 187 cm³/mol. The fourth-order valence-electron chi connectivity index (χ4n) is 12.2. The largest absolute Gasteiger partial charge is 0.465 e. The maximum absolute atomic E-state index is 12.0. The molecule has 0 bridgehead atoms. The predicted octanol–water partition coefficient (Wildman–Crippen LogP) is 10.9. The Morgan fingerprint density at radius 2 is 1.48 bits per heavy atom. The van der Waals surface area contributed by atoms with Gasteiger partial charge in [-0.1, -0.05) is 92.7 Å². The van der Waals surface area contributed by atoms with Crippen LogP contribution in [-0.2, 0) is 4.74 Å². The van der Waals surface area contributed by atoms with Gasteiger partial charge in [-0.25, -0.2) is 4.79 Å². The number of benzene rings is 1. The van der Waals surface area contributed by atoms with E-state index in [1.807, 2.05) is 39.8 Å². The summed E-state index contributed by atoms with van der Waals surface area (Å²) in [7, 11) is 1.45. The van der Waals surface area contributed by atoms with Crippen LogP contribution in [0.3, 0.4) is 0 Å². The molecule has 3 heteroatoms. The molecule has 0 saturated heterocycles. The highest BCUT2D eigenvalue weighted by molar-refractivity contribution is 5.89. The van der Waals surface area contributed by atoms with Gasteiger partial charge in [0, 0.05) is 5.54 Å². The molecule has 0 amide bonds. The number of esters is 1. The van der Waals surface area contributed by atoms with Crippen molar-refractivity contribution in [1.29, 1.82) is 0 Å². The zero-order valence-corrected chi connectivity index (χ0v) is 30.2. The minimum Gasteiger partial charge on any atom is -0.465 e. The first-order valence-electron chi connectivity index (χ1n) is 18.1. The molecule has 0 aromatic heterocycles. The number of carbonyl (C=O) groups excluding carboxylic acids is 1. The second-order valence-electron chi connectivity index (χ2n) is 16.0. The van der Waals surface area contributed by atoms with E-state index in [1.54, 1.807) is 0 Å². The van der Waals surface area contributed by atoms with Crippen LogP contribution in [-0.4, -0.2) is 18.6 Å². The molecule has 4 fully saturated rings. The molecule has 0 heterocycles. The Labute approximate surface area is 270 Å². The summed E-state index contributed by atoms with van der Waals surface area (Å²) in [6.07, 6.45) is 13.9. The van der Waals surface area contributed by atoms with E-state index in [-0.39, 0.29) is 16.9 Å². The van der Waals surface area contributed by atoms with Gasteiger partial charge < -0.3 is 10.5 Å². The third-order valence-corrected chi connectivity index (χ3v) is 14.3. The molecule has 0 radical (unpaired) electrons. The van der Waals surface area contributed by atoms with E-state index in [2.05, 4.69) is 66.3 Å². The zero-order valence-electron chi connectivity index (χ0n) is 30.2. The Balaban J connectivity index is 0.00000106. The second kappa shape index (κ2) is 12.4. The number of fused-ring (bicyclic) bond motifs is 7. The maximum atomic E-state index is 12.0. The Morgan fingerprint density at radius 1 is 0.841 bits per heavy atom. The van der Waals surface area contributed by atoms with Gasteiger partial charge in [0.1, 0.15) is 0 Å². The van der Waals surface area contributed by atoms with E-state index >= 15 is 0 Å². The van der Waals surface area contributed by atoms with Crippen LogP contribution in [0.25, 0.3) is 5.57 Å². The summed E-state index contributed by atoms with van der Waals surface area (Å²) in [6, 6.07) is 8.10. The Morgan fingerprint density at radius 3 is 2.07 bits per heavy atom. The van der Waals surface area contributed by atoms with Gasteiger partial charge in [-0.15, -0.1) is 0 Å². The van der Waals surface area contributed by atoms with Crippen LogP contribution in [0, 0.1) is 51.2 Å². The average Bonchev–Trinajstić information content (AvgIpc) is 3.37. The SMILES string of the molecule is C=C(C)[C@@H]1CC[C@]2(N)CC[C@]3(C)[C@H](CCC4[C@@]5(C)CC=C(c6ccc(C(=O)OC)cc6)C(C)(C)C5CC[C@]43C)C12.CC.CC. The number of ether oxygens (including phenoxy) is 1. The van der Waals surface area contributed by atoms with Gasteiger partial charge in [0.15, 0.2) is 0 Å². The Bertz CT molecular complexity index is 1240. The summed E-state index contributed by atoms with van der Waals surface area (Å²) in [6.45, 7) is 27.8. The van der Waals surface area contributed by atoms with Gasteiger partial charge in [0.05, 0.1) is 12.7 Å². The molecule has 1 aromatic rings. The van der Waals surface area contributed by atoms with Gasteiger partial charge in [0.2, 0.25) is 0 Å². The number of carbonyl (C=O) groups is 1. The Kier molecular flexibility index (Phi) is 9.85. The number of rotatable bonds is 3. The molecule has 1 aromatic carbocycles. The van der Waals surface area contributed by atoms with Gasteiger partial charge in [-0.05, 0) is 139 Å². The van der Waals surface area contributed by atoms with Crippen LogP contribution in [0.1, 0.15) is 143 Å². The second-order valence-corrected chi connectivity index (χ2v) is 16.0. The zero-order chi connectivity index (χ0) is 32.9. The van der Waals surface area contributed by atoms with Crippen LogP contribution in [0.2, 0.25) is 0 Å². The minimum absolute atomic E-state index is 0.0198. The van der Waals surface area contributed by atoms with Crippen molar-refractivity contribution < 1.29 is 9.53 Å². The van der Waals surface area contributed by atoms with Crippen molar-refractivity contribution in [3.63, 3.8) is 0 Å². The number of methoxy groups -OCH3 is 1. The standard InChI is InChI=1S/C37H53NO2.2C2H6/c1-23(2)26-15-20-37(38)22-21-35(6)28(31(26)37)13-14-30-34(5)18-16-27(24-9-11-25(12-10-24)32(39)40-8)33(3,4)29(34)17-19-36(30,35)7;2*1-2/h9-12,16,26,28-31H,1,13-15,17-22,38H2,2-8H3;2*1-2H3/t26-,28+,29?,30?,31?,34-,35+,36+,37-;;/m0../s1. The average molecular weight is 604 g/mol. The fraction of sp³-hybridized carbons (Fsp3) is 0.732. The molecular formula is C41H65NO2. The lowest BCUT2D eigenvalue weighted by molar-refractivity contribution is -0.217. The quantitative estimate of drug-likeness (QED) is 0.276. The van der Waals surface area contributed by atoms with Gasteiger partial charge >= 0.3 is 5.97 Å². The van der Waals surface area contributed by atoms with Gasteiger partial charge in [0.25, 0.3) is 0 Å². The van der Waals surface area contributed by atoms with Crippen molar-refractivity contribution in [3.05, 3.63) is 53.6 Å². The summed E-state index contributed by atoms with van der Waals surface area (Å²) in [5.41, 5.74) is 13.0. The molecule has 3 unspecified atom stereocenters. The van der Waals surface area contributed by atoms with Crippen LogP contribution in [0.5, 0.6) is 0 Å². The lowest BCUT2D eigenvalue weighted by Gasteiger charge is -2.72. The topological polar surface area (TPSA) is 52.3 Å². The molecule has 246 valence electrons. The molecule has 4 saturated carbocycles. The number of allylic oxidation sites excluding steroid dienone is 3. The number of hydrogen-bond donors (Lipinski definition) is 1. The van der Waals surface area contributed by atoms with Crippen LogP contribution in [0.4, 0.5) is 0 Å². The van der Waals surface area contributed by atoms with E-state index < -0.39 is 0 Å². The van der Waals surface area contributed by atoms with E-state index in [0.717, 1.165) is 12.3 Å². The van der Waals surface area contributed by atoms with E-state index in [9.17, 15) is 4.79 Å². The van der Waals surface area contributed by atoms with Crippen molar-refractivity contribution in [2.24, 2.45) is 57.0 Å². The monoisotopic (exact) mass is 604 g/mol. The van der Waals surface area contributed by atoms with Crippen molar-refractivity contribution in [3.8, 4) is 0 Å². The molecule has 0 aliphatic heterocycles. The van der Waals surface area contributed by atoms with Crippen molar-refractivity contribution in [2.75, 3.05) is 7.11 Å². The highest BCUT2D eigenvalue weighted by Crippen LogP contribution is 2.76. The molecular weight excluding hydrogens is 538 g/mol. The molecule has 6 rings (SSSR count). The van der Waals surface area contributed by atoms with Gasteiger partial charge in [-0.2, -0.15) is 0 Å². The first-order valence-corrected chi connectivity index (χ1v) is 18.1. The molecule has 44 heavy (non-hydrogen) atoms. The molecule has 5 aliphatic carbocycles. The normalized spacial score (nSPS) is 41.5. The minimum atomic E-state index is -0.270. The molecule has 5 aliphatic rings. The summed E-state index contributed by atoms with van der Waals surface area (Å²) < 4.78 is 4.93. The summed E-state index contributed by atoms with van der Waals surface area (Å²) in [5, 5.41) is 0. The molecule has 3 nitrogen and oxygen atoms in total. The fourth-order valence-corrected chi connectivity index (χ4v) is 12.2. The van der Waals surface area contributed by atoms with Crippen molar-refractivity contribution in [2.45, 2.75) is 133 Å². The lowest BCUT2D eigenvalue weighted by atomic mass is 9.33.